The monoisotopic (exact) mass is 253 g/mol. The normalized spacial score (nSPS) is 22.1. The summed E-state index contributed by atoms with van der Waals surface area (Å²) in [6, 6.07) is -1.12. The van der Waals surface area contributed by atoms with Crippen molar-refractivity contribution in [1.29, 1.82) is 0 Å². The second kappa shape index (κ2) is 5.37. The molecule has 0 radical (unpaired) electrons. The van der Waals surface area contributed by atoms with Gasteiger partial charge in [-0.15, -0.1) is 0 Å². The predicted molar refractivity (Wildman–Crippen MR) is 52.3 cm³/mol. The van der Waals surface area contributed by atoms with Gasteiger partial charge in [0.15, 0.2) is 0 Å². The van der Waals surface area contributed by atoms with Gasteiger partial charge in [-0.05, 0) is 12.8 Å². The van der Waals surface area contributed by atoms with Crippen LogP contribution in [0.1, 0.15) is 32.1 Å². The van der Waals surface area contributed by atoms with Gasteiger partial charge in [-0.3, -0.25) is 4.79 Å². The summed E-state index contributed by atoms with van der Waals surface area (Å²) in [5.41, 5.74) is 0. The first kappa shape index (κ1) is 13.8. The van der Waals surface area contributed by atoms with E-state index in [1.165, 1.54) is 0 Å². The largest absolute Gasteiger partial charge is 0.480 e. The van der Waals surface area contributed by atoms with Gasteiger partial charge in [0.2, 0.25) is 5.91 Å². The van der Waals surface area contributed by atoms with Gasteiger partial charge in [-0.1, -0.05) is 12.8 Å². The molecule has 1 fully saturated rings. The quantitative estimate of drug-likeness (QED) is 0.816. The molecule has 98 valence electrons. The van der Waals surface area contributed by atoms with E-state index >= 15 is 0 Å². The molecule has 4 nitrogen and oxygen atoms in total. The van der Waals surface area contributed by atoms with Crippen molar-refractivity contribution in [3.8, 4) is 0 Å². The number of carboxylic acid groups (broad SMARTS) is 1. The number of rotatable bonds is 2. The number of aliphatic carboxylic acids is 1. The summed E-state index contributed by atoms with van der Waals surface area (Å²) in [5.74, 6) is -2.38. The smallest absolute Gasteiger partial charge is 0.397 e. The maximum Gasteiger partial charge on any atom is 0.397 e. The second-order valence-corrected chi connectivity index (χ2v) is 4.08. The van der Waals surface area contributed by atoms with E-state index in [0.717, 1.165) is 11.3 Å². The van der Waals surface area contributed by atoms with E-state index in [4.69, 9.17) is 5.11 Å². The van der Waals surface area contributed by atoms with Gasteiger partial charge in [0.1, 0.15) is 12.5 Å². The Hall–Kier alpha value is -1.27. The molecule has 1 aliphatic heterocycles. The molecule has 1 aliphatic rings. The highest BCUT2D eigenvalue weighted by atomic mass is 19.4. The van der Waals surface area contributed by atoms with Crippen molar-refractivity contribution in [3.63, 3.8) is 0 Å². The topological polar surface area (TPSA) is 57.6 Å². The lowest BCUT2D eigenvalue weighted by molar-refractivity contribution is -0.167. The van der Waals surface area contributed by atoms with E-state index in [2.05, 4.69) is 0 Å². The number of carboxylic acids is 1. The Kier molecular flexibility index (Phi) is 4.36. The maximum atomic E-state index is 12.1. The summed E-state index contributed by atoms with van der Waals surface area (Å²) in [5, 5.41) is 8.91. The lowest BCUT2D eigenvalue weighted by Gasteiger charge is -2.27. The average Bonchev–Trinajstić information content (AvgIpc) is 2.39. The molecular weight excluding hydrogens is 239 g/mol. The van der Waals surface area contributed by atoms with Crippen LogP contribution in [0.4, 0.5) is 13.2 Å². The molecule has 0 bridgehead atoms. The van der Waals surface area contributed by atoms with Gasteiger partial charge in [0.25, 0.3) is 0 Å². The number of hydrogen-bond donors (Lipinski definition) is 1. The highest BCUT2D eigenvalue weighted by molar-refractivity contribution is 5.84. The maximum absolute atomic E-state index is 12.1. The van der Waals surface area contributed by atoms with Gasteiger partial charge in [0.05, 0.1) is 0 Å². The predicted octanol–water partition coefficient (Wildman–Crippen LogP) is 1.79. The third-order valence-electron chi connectivity index (χ3n) is 2.71. The Bertz CT molecular complexity index is 304. The Morgan fingerprint density at radius 1 is 1.24 bits per heavy atom. The average molecular weight is 253 g/mol. The first-order valence-electron chi connectivity index (χ1n) is 5.40. The van der Waals surface area contributed by atoms with Gasteiger partial charge >= 0.3 is 12.1 Å². The summed E-state index contributed by atoms with van der Waals surface area (Å²) < 4.78 is 36.3. The molecule has 1 saturated heterocycles. The molecule has 0 aromatic heterocycles. The van der Waals surface area contributed by atoms with E-state index in [1.54, 1.807) is 0 Å². The van der Waals surface area contributed by atoms with Crippen LogP contribution in [0.25, 0.3) is 0 Å². The van der Waals surface area contributed by atoms with Crippen LogP contribution < -0.4 is 0 Å². The summed E-state index contributed by atoms with van der Waals surface area (Å²) >= 11 is 0. The van der Waals surface area contributed by atoms with E-state index in [9.17, 15) is 22.8 Å². The molecule has 17 heavy (non-hydrogen) atoms. The highest BCUT2D eigenvalue weighted by Gasteiger charge is 2.37. The van der Waals surface area contributed by atoms with Gasteiger partial charge < -0.3 is 10.0 Å². The number of amides is 1. The van der Waals surface area contributed by atoms with E-state index < -0.39 is 30.5 Å². The van der Waals surface area contributed by atoms with Crippen LogP contribution >= 0.6 is 0 Å². The van der Waals surface area contributed by atoms with Crippen LogP contribution in [0.15, 0.2) is 0 Å². The highest BCUT2D eigenvalue weighted by Crippen LogP contribution is 2.24. The molecule has 1 atom stereocenters. The Morgan fingerprint density at radius 3 is 2.41 bits per heavy atom. The SMILES string of the molecule is O=C(O)C1CCCCCN1C(=O)CC(F)(F)F. The van der Waals surface area contributed by atoms with Crippen LogP contribution in [-0.2, 0) is 9.59 Å². The molecule has 0 spiro atoms. The standard InChI is InChI=1S/C10H14F3NO3/c11-10(12,13)6-8(15)14-5-3-1-2-4-7(14)9(16)17/h7H,1-6H2,(H,16,17). The van der Waals surface area contributed by atoms with Gasteiger partial charge in [-0.2, -0.15) is 13.2 Å². The zero-order valence-corrected chi connectivity index (χ0v) is 9.16. The van der Waals surface area contributed by atoms with Crippen LogP contribution in [0.3, 0.4) is 0 Å². The minimum Gasteiger partial charge on any atom is -0.480 e. The molecule has 1 heterocycles. The Morgan fingerprint density at radius 2 is 1.88 bits per heavy atom. The minimum atomic E-state index is -4.59. The fraction of sp³-hybridized carbons (Fsp3) is 0.800. The number of carbonyl (C=O) groups excluding carboxylic acids is 1. The fourth-order valence-corrected chi connectivity index (χ4v) is 1.94. The first-order valence-corrected chi connectivity index (χ1v) is 5.40. The van der Waals surface area contributed by atoms with Crippen molar-refractivity contribution in [2.24, 2.45) is 0 Å². The summed E-state index contributed by atoms with van der Waals surface area (Å²) in [4.78, 5) is 23.2. The number of halogens is 3. The van der Waals surface area contributed by atoms with Crippen LogP contribution in [0, 0.1) is 0 Å². The summed E-state index contributed by atoms with van der Waals surface area (Å²) in [6.45, 7) is 0.0892. The van der Waals surface area contributed by atoms with Crippen LogP contribution in [-0.4, -0.2) is 40.6 Å². The third kappa shape index (κ3) is 4.24. The summed E-state index contributed by atoms with van der Waals surface area (Å²) in [6.07, 6.45) is -4.05. The molecule has 1 rings (SSSR count). The zero-order chi connectivity index (χ0) is 13.1. The Balaban J connectivity index is 2.75. The van der Waals surface area contributed by atoms with E-state index in [1.807, 2.05) is 0 Å². The van der Waals surface area contributed by atoms with Crippen molar-refractivity contribution in [1.82, 2.24) is 4.90 Å². The van der Waals surface area contributed by atoms with Crippen molar-refractivity contribution in [3.05, 3.63) is 0 Å². The summed E-state index contributed by atoms with van der Waals surface area (Å²) in [7, 11) is 0. The molecule has 7 heteroatoms. The lowest BCUT2D eigenvalue weighted by atomic mass is 10.1. The molecule has 1 unspecified atom stereocenters. The van der Waals surface area contributed by atoms with Gasteiger partial charge in [-0.25, -0.2) is 4.79 Å². The third-order valence-corrected chi connectivity index (χ3v) is 2.71. The number of carbonyl (C=O) groups is 2. The van der Waals surface area contributed by atoms with Crippen molar-refractivity contribution >= 4 is 11.9 Å². The van der Waals surface area contributed by atoms with Gasteiger partial charge in [0, 0.05) is 6.54 Å². The number of nitrogens with zero attached hydrogens (tertiary/aromatic N) is 1. The minimum absolute atomic E-state index is 0.0892. The lowest BCUT2D eigenvalue weighted by Crippen LogP contribution is -2.45. The molecule has 0 aromatic carbocycles. The first-order chi connectivity index (χ1) is 7.81. The second-order valence-electron chi connectivity index (χ2n) is 4.08. The Labute approximate surface area is 96.4 Å². The number of alkyl halides is 3. The molecule has 0 saturated carbocycles. The fourth-order valence-electron chi connectivity index (χ4n) is 1.94. The number of likely N-dealkylation sites (tertiary alicyclic amines) is 1. The van der Waals surface area contributed by atoms with E-state index in [0.29, 0.717) is 12.8 Å². The van der Waals surface area contributed by atoms with Crippen molar-refractivity contribution in [2.75, 3.05) is 6.54 Å². The molecule has 0 aliphatic carbocycles. The van der Waals surface area contributed by atoms with Crippen LogP contribution in [0.2, 0.25) is 0 Å². The van der Waals surface area contributed by atoms with Crippen molar-refractivity contribution in [2.45, 2.75) is 44.3 Å². The van der Waals surface area contributed by atoms with E-state index in [-0.39, 0.29) is 13.0 Å². The molecule has 1 N–H and O–H groups in total. The van der Waals surface area contributed by atoms with Crippen LogP contribution in [0.5, 0.6) is 0 Å². The molecule has 1 amide bonds. The molecule has 0 aromatic rings. The van der Waals surface area contributed by atoms with Crippen molar-refractivity contribution < 1.29 is 27.9 Å². The zero-order valence-electron chi connectivity index (χ0n) is 9.16. The molecular formula is C10H14F3NO3. The number of hydrogen-bond acceptors (Lipinski definition) is 2.